The zero-order valence-corrected chi connectivity index (χ0v) is 11.4. The van der Waals surface area contributed by atoms with E-state index in [4.69, 9.17) is 4.74 Å². The van der Waals surface area contributed by atoms with E-state index in [1.54, 1.807) is 7.11 Å². The summed E-state index contributed by atoms with van der Waals surface area (Å²) in [7, 11) is 1.65. The van der Waals surface area contributed by atoms with Gasteiger partial charge in [-0.2, -0.15) is 0 Å². The molecule has 0 saturated heterocycles. The van der Waals surface area contributed by atoms with Crippen molar-refractivity contribution >= 4 is 17.3 Å². The molecule has 2 aromatic rings. The first-order valence-electron chi connectivity index (χ1n) is 6.22. The lowest BCUT2D eigenvalue weighted by atomic mass is 10.3. The largest absolute Gasteiger partial charge is 0.497 e. The van der Waals surface area contributed by atoms with Gasteiger partial charge in [0.05, 0.1) is 7.11 Å². The molecule has 100 valence electrons. The van der Waals surface area contributed by atoms with E-state index < -0.39 is 0 Å². The Morgan fingerprint density at radius 1 is 1.11 bits per heavy atom. The standard InChI is InChI=1S/C14H18N4O/c1-4-15-13-9-14(17-10(2)16-13)18-11-5-7-12(19-3)8-6-11/h5-9H,4H2,1-3H3,(H2,15,16,17,18). The summed E-state index contributed by atoms with van der Waals surface area (Å²) in [4.78, 5) is 8.67. The molecule has 0 aliphatic heterocycles. The third-order valence-electron chi connectivity index (χ3n) is 2.56. The van der Waals surface area contributed by atoms with Crippen molar-refractivity contribution in [2.24, 2.45) is 0 Å². The molecule has 0 spiro atoms. The second-order valence-electron chi connectivity index (χ2n) is 4.07. The normalized spacial score (nSPS) is 10.1. The summed E-state index contributed by atoms with van der Waals surface area (Å²) >= 11 is 0. The Hall–Kier alpha value is -2.30. The zero-order chi connectivity index (χ0) is 13.7. The Kier molecular flexibility index (Phi) is 4.18. The van der Waals surface area contributed by atoms with Crippen LogP contribution in [-0.4, -0.2) is 23.6 Å². The van der Waals surface area contributed by atoms with Crippen LogP contribution in [0.25, 0.3) is 0 Å². The van der Waals surface area contributed by atoms with Gasteiger partial charge in [-0.05, 0) is 38.1 Å². The number of nitrogens with zero attached hydrogens (tertiary/aromatic N) is 2. The SMILES string of the molecule is CCNc1cc(Nc2ccc(OC)cc2)nc(C)n1. The number of rotatable bonds is 5. The van der Waals surface area contributed by atoms with Crippen LogP contribution in [0.15, 0.2) is 30.3 Å². The summed E-state index contributed by atoms with van der Waals surface area (Å²) in [6.07, 6.45) is 0. The Morgan fingerprint density at radius 3 is 2.42 bits per heavy atom. The number of methoxy groups -OCH3 is 1. The van der Waals surface area contributed by atoms with Crippen molar-refractivity contribution in [2.45, 2.75) is 13.8 Å². The summed E-state index contributed by atoms with van der Waals surface area (Å²) in [6, 6.07) is 9.59. The van der Waals surface area contributed by atoms with Crippen molar-refractivity contribution in [3.05, 3.63) is 36.2 Å². The number of aryl methyl sites for hydroxylation is 1. The molecule has 0 amide bonds. The number of hydrogen-bond donors (Lipinski definition) is 2. The highest BCUT2D eigenvalue weighted by molar-refractivity contribution is 5.59. The summed E-state index contributed by atoms with van der Waals surface area (Å²) in [6.45, 7) is 4.74. The molecular weight excluding hydrogens is 240 g/mol. The van der Waals surface area contributed by atoms with Gasteiger partial charge in [-0.1, -0.05) is 0 Å². The smallest absolute Gasteiger partial charge is 0.136 e. The number of anilines is 3. The molecule has 1 heterocycles. The zero-order valence-electron chi connectivity index (χ0n) is 11.4. The molecular formula is C14H18N4O. The minimum Gasteiger partial charge on any atom is -0.497 e. The third-order valence-corrected chi connectivity index (χ3v) is 2.56. The number of hydrogen-bond acceptors (Lipinski definition) is 5. The van der Waals surface area contributed by atoms with Gasteiger partial charge in [-0.3, -0.25) is 0 Å². The molecule has 0 aliphatic rings. The van der Waals surface area contributed by atoms with Gasteiger partial charge in [0.2, 0.25) is 0 Å². The second-order valence-corrected chi connectivity index (χ2v) is 4.07. The lowest BCUT2D eigenvalue weighted by Gasteiger charge is -2.09. The number of aromatic nitrogens is 2. The van der Waals surface area contributed by atoms with Crippen molar-refractivity contribution < 1.29 is 4.74 Å². The highest BCUT2D eigenvalue weighted by Gasteiger charge is 2.02. The monoisotopic (exact) mass is 258 g/mol. The van der Waals surface area contributed by atoms with Gasteiger partial charge in [-0.15, -0.1) is 0 Å². The fraction of sp³-hybridized carbons (Fsp3) is 0.286. The number of ether oxygens (including phenoxy) is 1. The Bertz CT molecular complexity index is 540. The van der Waals surface area contributed by atoms with E-state index in [9.17, 15) is 0 Å². The predicted molar refractivity (Wildman–Crippen MR) is 77.2 cm³/mol. The summed E-state index contributed by atoms with van der Waals surface area (Å²) in [5.41, 5.74) is 0.960. The molecule has 1 aromatic heterocycles. The molecule has 19 heavy (non-hydrogen) atoms. The highest BCUT2D eigenvalue weighted by Crippen LogP contribution is 2.20. The summed E-state index contributed by atoms with van der Waals surface area (Å²) < 4.78 is 5.13. The van der Waals surface area contributed by atoms with Gasteiger partial charge >= 0.3 is 0 Å². The van der Waals surface area contributed by atoms with Crippen LogP contribution in [0.3, 0.4) is 0 Å². The average Bonchev–Trinajstić information content (AvgIpc) is 2.39. The molecule has 0 radical (unpaired) electrons. The van der Waals surface area contributed by atoms with E-state index in [1.165, 1.54) is 0 Å². The Balaban J connectivity index is 2.17. The quantitative estimate of drug-likeness (QED) is 0.863. The molecule has 5 heteroatoms. The van der Waals surface area contributed by atoms with Gasteiger partial charge in [0, 0.05) is 18.3 Å². The van der Waals surface area contributed by atoms with Crippen LogP contribution in [0, 0.1) is 6.92 Å². The topological polar surface area (TPSA) is 59.1 Å². The van der Waals surface area contributed by atoms with Gasteiger partial charge in [0.1, 0.15) is 23.2 Å². The lowest BCUT2D eigenvalue weighted by Crippen LogP contribution is -2.04. The first kappa shape index (κ1) is 13.1. The first-order valence-corrected chi connectivity index (χ1v) is 6.22. The molecule has 1 aromatic carbocycles. The van der Waals surface area contributed by atoms with Crippen LogP contribution < -0.4 is 15.4 Å². The van der Waals surface area contributed by atoms with E-state index in [2.05, 4.69) is 20.6 Å². The van der Waals surface area contributed by atoms with Crippen LogP contribution in [0.5, 0.6) is 5.75 Å². The molecule has 0 saturated carbocycles. The fourth-order valence-electron chi connectivity index (χ4n) is 1.73. The Labute approximate surface area is 113 Å². The van der Waals surface area contributed by atoms with Gasteiger partial charge in [0.25, 0.3) is 0 Å². The van der Waals surface area contributed by atoms with Crippen molar-refractivity contribution in [1.82, 2.24) is 9.97 Å². The van der Waals surface area contributed by atoms with Gasteiger partial charge < -0.3 is 15.4 Å². The molecule has 0 aliphatic carbocycles. The Morgan fingerprint density at radius 2 is 1.79 bits per heavy atom. The van der Waals surface area contributed by atoms with E-state index in [1.807, 2.05) is 44.2 Å². The molecule has 2 rings (SSSR count). The molecule has 0 atom stereocenters. The van der Waals surface area contributed by atoms with Crippen LogP contribution in [0.4, 0.5) is 17.3 Å². The molecule has 2 N–H and O–H groups in total. The van der Waals surface area contributed by atoms with Crippen LogP contribution in [0.2, 0.25) is 0 Å². The highest BCUT2D eigenvalue weighted by atomic mass is 16.5. The van der Waals surface area contributed by atoms with Gasteiger partial charge in [-0.25, -0.2) is 9.97 Å². The minimum atomic E-state index is 0.731. The van der Waals surface area contributed by atoms with Gasteiger partial charge in [0.15, 0.2) is 0 Å². The second kappa shape index (κ2) is 6.04. The maximum atomic E-state index is 5.13. The van der Waals surface area contributed by atoms with Crippen molar-refractivity contribution in [3.8, 4) is 5.75 Å². The maximum absolute atomic E-state index is 5.13. The number of nitrogens with one attached hydrogen (secondary N) is 2. The van der Waals surface area contributed by atoms with Crippen molar-refractivity contribution in [2.75, 3.05) is 24.3 Å². The summed E-state index contributed by atoms with van der Waals surface area (Å²) in [5.74, 6) is 3.16. The van der Waals surface area contributed by atoms with Crippen LogP contribution in [-0.2, 0) is 0 Å². The predicted octanol–water partition coefficient (Wildman–Crippen LogP) is 2.97. The minimum absolute atomic E-state index is 0.731. The molecule has 0 bridgehead atoms. The van der Waals surface area contributed by atoms with Crippen LogP contribution >= 0.6 is 0 Å². The average molecular weight is 258 g/mol. The fourth-order valence-corrected chi connectivity index (χ4v) is 1.73. The summed E-state index contributed by atoms with van der Waals surface area (Å²) in [5, 5.41) is 6.43. The molecule has 5 nitrogen and oxygen atoms in total. The molecule has 0 unspecified atom stereocenters. The van der Waals surface area contributed by atoms with E-state index >= 15 is 0 Å². The third kappa shape index (κ3) is 3.58. The number of benzene rings is 1. The van der Waals surface area contributed by atoms with Crippen LogP contribution in [0.1, 0.15) is 12.7 Å². The van der Waals surface area contributed by atoms with Crippen molar-refractivity contribution in [1.29, 1.82) is 0 Å². The maximum Gasteiger partial charge on any atom is 0.136 e. The molecule has 0 fully saturated rings. The van der Waals surface area contributed by atoms with E-state index in [0.29, 0.717) is 0 Å². The first-order chi connectivity index (χ1) is 9.21. The van der Waals surface area contributed by atoms with E-state index in [-0.39, 0.29) is 0 Å². The van der Waals surface area contributed by atoms with E-state index in [0.717, 1.165) is 35.4 Å². The lowest BCUT2D eigenvalue weighted by molar-refractivity contribution is 0.415. The van der Waals surface area contributed by atoms with Crippen molar-refractivity contribution in [3.63, 3.8) is 0 Å².